The average molecular weight is 374 g/mol. The fraction of sp³-hybridized carbons (Fsp3) is 0.188. The zero-order valence-corrected chi connectivity index (χ0v) is 15.1. The molecule has 0 aliphatic carbocycles. The molecule has 0 saturated carbocycles. The summed E-state index contributed by atoms with van der Waals surface area (Å²) in [5.74, 6) is -0.340. The van der Waals surface area contributed by atoms with E-state index < -0.39 is 4.92 Å². The molecule has 3 rings (SSSR count). The summed E-state index contributed by atoms with van der Waals surface area (Å²) < 4.78 is 0. The van der Waals surface area contributed by atoms with Crippen molar-refractivity contribution >= 4 is 39.4 Å². The number of hydrogen-bond acceptors (Lipinski definition) is 7. The van der Waals surface area contributed by atoms with Crippen LogP contribution in [0.15, 0.2) is 29.6 Å². The van der Waals surface area contributed by atoms with Gasteiger partial charge >= 0.3 is 0 Å². The highest BCUT2D eigenvalue weighted by Gasteiger charge is 2.17. The highest BCUT2D eigenvalue weighted by atomic mass is 32.1. The molecule has 0 fully saturated rings. The van der Waals surface area contributed by atoms with Crippen molar-refractivity contribution in [1.82, 2.24) is 9.97 Å². The Balaban J connectivity index is 1.72. The first-order chi connectivity index (χ1) is 11.9. The summed E-state index contributed by atoms with van der Waals surface area (Å²) in [5.41, 5.74) is 1.99. The zero-order valence-electron chi connectivity index (χ0n) is 13.5. The summed E-state index contributed by atoms with van der Waals surface area (Å²) in [7, 11) is 0. The van der Waals surface area contributed by atoms with Crippen molar-refractivity contribution in [1.29, 1.82) is 0 Å². The van der Waals surface area contributed by atoms with Gasteiger partial charge in [-0.1, -0.05) is 18.2 Å². The van der Waals surface area contributed by atoms with Crippen LogP contribution < -0.4 is 5.32 Å². The minimum atomic E-state index is -0.487. The number of carbonyl (C=O) groups is 1. The van der Waals surface area contributed by atoms with Gasteiger partial charge in [-0.15, -0.1) is 22.7 Å². The molecule has 0 atom stereocenters. The molecule has 0 saturated heterocycles. The molecule has 1 amide bonds. The van der Waals surface area contributed by atoms with Crippen LogP contribution in [0.4, 0.5) is 10.8 Å². The molecule has 7 nitrogen and oxygen atoms in total. The average Bonchev–Trinajstić information content (AvgIpc) is 3.13. The molecular formula is C16H14N4O3S2. The van der Waals surface area contributed by atoms with E-state index in [0.717, 1.165) is 21.3 Å². The van der Waals surface area contributed by atoms with Crippen LogP contribution in [0.1, 0.15) is 16.3 Å². The van der Waals surface area contributed by atoms with E-state index in [1.165, 1.54) is 17.4 Å². The number of aromatic nitrogens is 2. The lowest BCUT2D eigenvalue weighted by atomic mass is 10.1. The second-order valence-corrected chi connectivity index (χ2v) is 7.36. The third-order valence-corrected chi connectivity index (χ3v) is 5.28. The Morgan fingerprint density at radius 3 is 2.72 bits per heavy atom. The van der Waals surface area contributed by atoms with Crippen LogP contribution in [0, 0.1) is 24.0 Å². The van der Waals surface area contributed by atoms with E-state index in [-0.39, 0.29) is 18.0 Å². The Kier molecular flexibility index (Phi) is 4.86. The number of thiazole rings is 2. The molecular weight excluding hydrogens is 360 g/mol. The van der Waals surface area contributed by atoms with Crippen LogP contribution in [0.25, 0.3) is 10.6 Å². The van der Waals surface area contributed by atoms with Crippen LogP contribution in [-0.2, 0) is 11.2 Å². The van der Waals surface area contributed by atoms with Crippen LogP contribution in [0.3, 0.4) is 0 Å². The molecule has 1 aromatic carbocycles. The lowest BCUT2D eigenvalue weighted by Crippen LogP contribution is -2.15. The van der Waals surface area contributed by atoms with Gasteiger partial charge in [0.25, 0.3) is 5.69 Å². The molecule has 0 aliphatic rings. The van der Waals surface area contributed by atoms with Gasteiger partial charge in [0.05, 0.1) is 32.6 Å². The van der Waals surface area contributed by atoms with Gasteiger partial charge in [-0.25, -0.2) is 9.97 Å². The van der Waals surface area contributed by atoms with Gasteiger partial charge in [-0.2, -0.15) is 0 Å². The topological polar surface area (TPSA) is 98.0 Å². The molecule has 0 unspecified atom stereocenters. The molecule has 1 N–H and O–H groups in total. The summed E-state index contributed by atoms with van der Waals surface area (Å²) in [6, 6.07) is 6.21. The van der Waals surface area contributed by atoms with E-state index in [4.69, 9.17) is 0 Å². The van der Waals surface area contributed by atoms with E-state index in [2.05, 4.69) is 15.3 Å². The quantitative estimate of drug-likeness (QED) is 0.538. The van der Waals surface area contributed by atoms with E-state index in [1.807, 2.05) is 19.2 Å². The largest absolute Gasteiger partial charge is 0.302 e. The Morgan fingerprint density at radius 1 is 1.28 bits per heavy atom. The number of rotatable bonds is 5. The number of nitrogens with one attached hydrogen (secondary N) is 1. The third kappa shape index (κ3) is 3.89. The van der Waals surface area contributed by atoms with Crippen molar-refractivity contribution in [3.05, 3.63) is 56.0 Å². The second kappa shape index (κ2) is 7.08. The van der Waals surface area contributed by atoms with Crippen LogP contribution in [0.5, 0.6) is 0 Å². The lowest BCUT2D eigenvalue weighted by molar-refractivity contribution is -0.385. The maximum absolute atomic E-state index is 12.2. The van der Waals surface area contributed by atoms with Gasteiger partial charge < -0.3 is 5.32 Å². The van der Waals surface area contributed by atoms with E-state index in [0.29, 0.717) is 10.7 Å². The van der Waals surface area contributed by atoms with Crippen LogP contribution in [-0.4, -0.2) is 20.8 Å². The number of amides is 1. The van der Waals surface area contributed by atoms with Gasteiger partial charge in [0, 0.05) is 17.0 Å². The fourth-order valence-corrected chi connectivity index (χ4v) is 4.05. The molecule has 0 aliphatic heterocycles. The summed E-state index contributed by atoms with van der Waals surface area (Å²) in [6.07, 6.45) is -0.0786. The molecule has 25 heavy (non-hydrogen) atoms. The highest BCUT2D eigenvalue weighted by molar-refractivity contribution is 7.16. The van der Waals surface area contributed by atoms with Crippen LogP contribution >= 0.6 is 22.7 Å². The molecule has 3 aromatic rings. The molecule has 128 valence electrons. The van der Waals surface area contributed by atoms with Crippen molar-refractivity contribution in [3.8, 4) is 10.6 Å². The lowest BCUT2D eigenvalue weighted by Gasteiger charge is -2.03. The second-order valence-electron chi connectivity index (χ2n) is 5.30. The van der Waals surface area contributed by atoms with Gasteiger partial charge in [0.2, 0.25) is 5.91 Å². The predicted octanol–water partition coefficient (Wildman–Crippen LogP) is 3.97. The Labute approximate surface area is 151 Å². The van der Waals surface area contributed by atoms with Gasteiger partial charge in [0.1, 0.15) is 0 Å². The number of benzene rings is 1. The van der Waals surface area contributed by atoms with Crippen molar-refractivity contribution in [2.45, 2.75) is 20.3 Å². The first-order valence-electron chi connectivity index (χ1n) is 7.36. The Morgan fingerprint density at radius 2 is 2.04 bits per heavy atom. The van der Waals surface area contributed by atoms with Gasteiger partial charge in [0.15, 0.2) is 5.13 Å². The number of nitrogens with zero attached hydrogens (tertiary/aromatic N) is 3. The zero-order chi connectivity index (χ0) is 18.0. The first kappa shape index (κ1) is 17.2. The van der Waals surface area contributed by atoms with Crippen molar-refractivity contribution in [2.75, 3.05) is 5.32 Å². The maximum Gasteiger partial charge on any atom is 0.273 e. The molecule has 2 aromatic heterocycles. The molecule has 9 heteroatoms. The molecule has 2 heterocycles. The van der Waals surface area contributed by atoms with Crippen molar-refractivity contribution in [2.24, 2.45) is 0 Å². The Bertz CT molecular complexity index is 949. The summed E-state index contributed by atoms with van der Waals surface area (Å²) in [6.45, 7) is 3.86. The first-order valence-corrected chi connectivity index (χ1v) is 9.05. The monoisotopic (exact) mass is 374 g/mol. The molecule has 0 bridgehead atoms. The number of carbonyl (C=O) groups excluding carboxylic acids is 1. The molecule has 0 spiro atoms. The van der Waals surface area contributed by atoms with Gasteiger partial charge in [-0.3, -0.25) is 14.9 Å². The standard InChI is InChI=1S/C16H14N4O3S2/c1-9-15(25-10(2)17-9)12-8-24-16(18-12)19-14(21)7-11-5-3-4-6-13(11)20(22)23/h3-6,8H,7H2,1-2H3,(H,18,19,21). The van der Waals surface area contributed by atoms with Gasteiger partial charge in [-0.05, 0) is 13.8 Å². The number of nitro groups is 1. The van der Waals surface area contributed by atoms with E-state index in [1.54, 1.807) is 29.5 Å². The number of anilines is 1. The smallest absolute Gasteiger partial charge is 0.273 e. The maximum atomic E-state index is 12.2. The van der Waals surface area contributed by atoms with E-state index >= 15 is 0 Å². The predicted molar refractivity (Wildman–Crippen MR) is 98.1 cm³/mol. The number of aryl methyl sites for hydroxylation is 2. The highest BCUT2D eigenvalue weighted by Crippen LogP contribution is 2.32. The minimum absolute atomic E-state index is 0.0618. The summed E-state index contributed by atoms with van der Waals surface area (Å²) in [4.78, 5) is 32.5. The van der Waals surface area contributed by atoms with E-state index in [9.17, 15) is 14.9 Å². The number of para-hydroxylation sites is 1. The summed E-state index contributed by atoms with van der Waals surface area (Å²) in [5, 5.41) is 17.0. The van der Waals surface area contributed by atoms with Crippen LogP contribution in [0.2, 0.25) is 0 Å². The number of hydrogen-bond donors (Lipinski definition) is 1. The normalized spacial score (nSPS) is 10.6. The SMILES string of the molecule is Cc1nc(C)c(-c2csc(NC(=O)Cc3ccccc3[N+](=O)[O-])n2)s1. The number of nitro benzene ring substituents is 1. The molecule has 0 radical (unpaired) electrons. The van der Waals surface area contributed by atoms with Crippen molar-refractivity contribution in [3.63, 3.8) is 0 Å². The Hall–Kier alpha value is -2.65. The third-order valence-electron chi connectivity index (χ3n) is 3.43. The summed E-state index contributed by atoms with van der Waals surface area (Å²) >= 11 is 2.87. The van der Waals surface area contributed by atoms with Crippen molar-refractivity contribution < 1.29 is 9.72 Å². The fourth-order valence-electron chi connectivity index (χ4n) is 2.38. The minimum Gasteiger partial charge on any atom is -0.302 e.